The first-order valence-electron chi connectivity index (χ1n) is 4.92. The second-order valence-corrected chi connectivity index (χ2v) is 3.03. The SMILES string of the molecule is CCOc1ccc(OC)c(CCN)c1F. The van der Waals surface area contributed by atoms with Crippen molar-refractivity contribution < 1.29 is 13.9 Å². The third-order valence-corrected chi connectivity index (χ3v) is 2.08. The van der Waals surface area contributed by atoms with E-state index in [0.29, 0.717) is 30.9 Å². The Bertz CT molecular complexity index is 329. The molecule has 84 valence electrons. The van der Waals surface area contributed by atoms with Crippen molar-refractivity contribution in [2.45, 2.75) is 13.3 Å². The third kappa shape index (κ3) is 2.59. The molecule has 4 heteroatoms. The Kier molecular flexibility index (Phi) is 4.37. The van der Waals surface area contributed by atoms with Crippen LogP contribution in [0, 0.1) is 5.82 Å². The summed E-state index contributed by atoms with van der Waals surface area (Å²) in [5, 5.41) is 0. The molecule has 1 aromatic rings. The minimum absolute atomic E-state index is 0.252. The first-order valence-corrected chi connectivity index (χ1v) is 4.92. The molecule has 0 atom stereocenters. The van der Waals surface area contributed by atoms with Gasteiger partial charge < -0.3 is 15.2 Å². The fourth-order valence-electron chi connectivity index (χ4n) is 1.42. The van der Waals surface area contributed by atoms with Gasteiger partial charge in [-0.05, 0) is 32.0 Å². The predicted octanol–water partition coefficient (Wildman–Crippen LogP) is 1.73. The number of nitrogens with two attached hydrogens (primary N) is 1. The summed E-state index contributed by atoms with van der Waals surface area (Å²) < 4.78 is 24.0. The van der Waals surface area contributed by atoms with Crippen LogP contribution in [0.4, 0.5) is 4.39 Å². The normalized spacial score (nSPS) is 10.1. The van der Waals surface area contributed by atoms with E-state index in [1.807, 2.05) is 6.92 Å². The lowest BCUT2D eigenvalue weighted by Crippen LogP contribution is -2.07. The molecular weight excluding hydrogens is 197 g/mol. The van der Waals surface area contributed by atoms with Crippen molar-refractivity contribution in [1.82, 2.24) is 0 Å². The minimum Gasteiger partial charge on any atom is -0.496 e. The van der Waals surface area contributed by atoms with Gasteiger partial charge in [0.1, 0.15) is 5.75 Å². The fourth-order valence-corrected chi connectivity index (χ4v) is 1.42. The number of benzene rings is 1. The zero-order valence-electron chi connectivity index (χ0n) is 9.05. The van der Waals surface area contributed by atoms with Gasteiger partial charge in [-0.1, -0.05) is 0 Å². The van der Waals surface area contributed by atoms with Crippen molar-refractivity contribution >= 4 is 0 Å². The molecule has 0 amide bonds. The number of rotatable bonds is 5. The predicted molar refractivity (Wildman–Crippen MR) is 56.9 cm³/mol. The Labute approximate surface area is 89.0 Å². The van der Waals surface area contributed by atoms with Gasteiger partial charge in [-0.25, -0.2) is 4.39 Å². The molecule has 0 radical (unpaired) electrons. The molecule has 1 rings (SSSR count). The Hall–Kier alpha value is -1.29. The van der Waals surface area contributed by atoms with Crippen LogP contribution in [0.25, 0.3) is 0 Å². The summed E-state index contributed by atoms with van der Waals surface area (Å²) in [4.78, 5) is 0. The van der Waals surface area contributed by atoms with Crippen LogP contribution in [0.15, 0.2) is 12.1 Å². The van der Waals surface area contributed by atoms with Crippen molar-refractivity contribution in [2.75, 3.05) is 20.3 Å². The lowest BCUT2D eigenvalue weighted by molar-refractivity contribution is 0.317. The number of halogens is 1. The zero-order chi connectivity index (χ0) is 11.3. The van der Waals surface area contributed by atoms with E-state index in [-0.39, 0.29) is 11.6 Å². The Balaban J connectivity index is 3.10. The molecule has 3 nitrogen and oxygen atoms in total. The van der Waals surface area contributed by atoms with E-state index in [0.717, 1.165) is 0 Å². The average Bonchev–Trinajstić information content (AvgIpc) is 2.25. The van der Waals surface area contributed by atoms with Gasteiger partial charge in [0.05, 0.1) is 13.7 Å². The van der Waals surface area contributed by atoms with Crippen molar-refractivity contribution in [3.05, 3.63) is 23.5 Å². The second-order valence-electron chi connectivity index (χ2n) is 3.03. The molecule has 0 aromatic heterocycles. The highest BCUT2D eigenvalue weighted by atomic mass is 19.1. The van der Waals surface area contributed by atoms with Crippen molar-refractivity contribution in [2.24, 2.45) is 5.73 Å². The molecular formula is C11H16FNO2. The highest BCUT2D eigenvalue weighted by Gasteiger charge is 2.13. The van der Waals surface area contributed by atoms with Gasteiger partial charge in [0.2, 0.25) is 0 Å². The molecule has 1 aromatic carbocycles. The Morgan fingerprint density at radius 1 is 1.33 bits per heavy atom. The summed E-state index contributed by atoms with van der Waals surface area (Å²) in [7, 11) is 1.51. The van der Waals surface area contributed by atoms with Crippen LogP contribution in [0.5, 0.6) is 11.5 Å². The zero-order valence-corrected chi connectivity index (χ0v) is 9.05. The van der Waals surface area contributed by atoms with E-state index in [9.17, 15) is 4.39 Å². The van der Waals surface area contributed by atoms with Crippen LogP contribution < -0.4 is 15.2 Å². The smallest absolute Gasteiger partial charge is 0.171 e. The average molecular weight is 213 g/mol. The van der Waals surface area contributed by atoms with Crippen molar-refractivity contribution in [3.63, 3.8) is 0 Å². The topological polar surface area (TPSA) is 44.5 Å². The quantitative estimate of drug-likeness (QED) is 0.810. The van der Waals surface area contributed by atoms with Crippen LogP contribution in [0.1, 0.15) is 12.5 Å². The largest absolute Gasteiger partial charge is 0.496 e. The molecule has 0 aliphatic carbocycles. The second kappa shape index (κ2) is 5.56. The lowest BCUT2D eigenvalue weighted by atomic mass is 10.1. The van der Waals surface area contributed by atoms with Crippen molar-refractivity contribution in [1.29, 1.82) is 0 Å². The molecule has 0 spiro atoms. The molecule has 0 saturated heterocycles. The number of hydrogen-bond acceptors (Lipinski definition) is 3. The monoisotopic (exact) mass is 213 g/mol. The summed E-state index contributed by atoms with van der Waals surface area (Å²) in [6.07, 6.45) is 0.440. The Morgan fingerprint density at radius 2 is 2.00 bits per heavy atom. The number of ether oxygens (including phenoxy) is 2. The van der Waals surface area contributed by atoms with Gasteiger partial charge in [0.15, 0.2) is 11.6 Å². The van der Waals surface area contributed by atoms with E-state index in [2.05, 4.69) is 0 Å². The fraction of sp³-hybridized carbons (Fsp3) is 0.455. The van der Waals surface area contributed by atoms with Gasteiger partial charge in [0.25, 0.3) is 0 Å². The van der Waals surface area contributed by atoms with Crippen LogP contribution in [-0.2, 0) is 6.42 Å². The molecule has 0 aliphatic rings. The maximum absolute atomic E-state index is 13.8. The van der Waals surface area contributed by atoms with Crippen molar-refractivity contribution in [3.8, 4) is 11.5 Å². The highest BCUT2D eigenvalue weighted by Crippen LogP contribution is 2.29. The molecule has 0 heterocycles. The third-order valence-electron chi connectivity index (χ3n) is 2.08. The molecule has 0 unspecified atom stereocenters. The maximum Gasteiger partial charge on any atom is 0.171 e. The maximum atomic E-state index is 13.8. The summed E-state index contributed by atoms with van der Waals surface area (Å²) in [6, 6.07) is 3.26. The Morgan fingerprint density at radius 3 is 2.53 bits per heavy atom. The van der Waals surface area contributed by atoms with E-state index in [1.165, 1.54) is 7.11 Å². The highest BCUT2D eigenvalue weighted by molar-refractivity contribution is 5.42. The first-order chi connectivity index (χ1) is 7.24. The minimum atomic E-state index is -0.373. The molecule has 0 bridgehead atoms. The summed E-state index contributed by atoms with van der Waals surface area (Å²) in [5.74, 6) is 0.393. The molecule has 2 N–H and O–H groups in total. The standard InChI is InChI=1S/C11H16FNO2/c1-3-15-10-5-4-9(14-2)8(6-7-13)11(10)12/h4-5H,3,6-7,13H2,1-2H3. The van der Waals surface area contributed by atoms with Crippen LogP contribution in [0.2, 0.25) is 0 Å². The lowest BCUT2D eigenvalue weighted by Gasteiger charge is -2.12. The first kappa shape index (κ1) is 11.8. The molecule has 0 aliphatic heterocycles. The van der Waals surface area contributed by atoms with E-state index in [1.54, 1.807) is 12.1 Å². The molecule has 0 fully saturated rings. The van der Waals surface area contributed by atoms with E-state index >= 15 is 0 Å². The van der Waals surface area contributed by atoms with Crippen LogP contribution in [-0.4, -0.2) is 20.3 Å². The molecule has 15 heavy (non-hydrogen) atoms. The summed E-state index contributed by atoms with van der Waals surface area (Å²) in [6.45, 7) is 2.63. The number of hydrogen-bond donors (Lipinski definition) is 1. The van der Waals surface area contributed by atoms with Gasteiger partial charge in [-0.2, -0.15) is 0 Å². The van der Waals surface area contributed by atoms with Gasteiger partial charge in [-0.3, -0.25) is 0 Å². The molecule has 0 saturated carbocycles. The van der Waals surface area contributed by atoms with E-state index in [4.69, 9.17) is 15.2 Å². The van der Waals surface area contributed by atoms with Gasteiger partial charge >= 0.3 is 0 Å². The van der Waals surface area contributed by atoms with Gasteiger partial charge in [0, 0.05) is 5.56 Å². The van der Waals surface area contributed by atoms with Crippen LogP contribution in [0.3, 0.4) is 0 Å². The van der Waals surface area contributed by atoms with Crippen LogP contribution >= 0.6 is 0 Å². The summed E-state index contributed by atoms with van der Waals surface area (Å²) >= 11 is 0. The summed E-state index contributed by atoms with van der Waals surface area (Å²) in [5.41, 5.74) is 5.89. The number of methoxy groups -OCH3 is 1. The van der Waals surface area contributed by atoms with E-state index < -0.39 is 0 Å². The van der Waals surface area contributed by atoms with Gasteiger partial charge in [-0.15, -0.1) is 0 Å².